The summed E-state index contributed by atoms with van der Waals surface area (Å²) in [4.78, 5) is 25.5. The highest BCUT2D eigenvalue weighted by Gasteiger charge is 2.34. The molecule has 1 amide bonds. The molecule has 1 aromatic carbocycles. The van der Waals surface area contributed by atoms with Crippen molar-refractivity contribution in [3.8, 4) is 5.75 Å². The Kier molecular flexibility index (Phi) is 6.13. The van der Waals surface area contributed by atoms with Crippen molar-refractivity contribution in [2.45, 2.75) is 38.8 Å². The van der Waals surface area contributed by atoms with Crippen molar-refractivity contribution in [2.24, 2.45) is 0 Å². The van der Waals surface area contributed by atoms with Gasteiger partial charge in [0.25, 0.3) is 0 Å². The molecule has 0 saturated carbocycles. The number of carbonyl (C=O) groups excluding carboxylic acids is 1. The van der Waals surface area contributed by atoms with Crippen LogP contribution in [0.2, 0.25) is 0 Å². The summed E-state index contributed by atoms with van der Waals surface area (Å²) < 4.78 is 24.4. The molecule has 1 atom stereocenters. The summed E-state index contributed by atoms with van der Waals surface area (Å²) in [5.41, 5.74) is 1.07. The molecule has 0 bridgehead atoms. The van der Waals surface area contributed by atoms with E-state index in [4.69, 9.17) is 9.47 Å². The molecule has 3 heterocycles. The highest BCUT2D eigenvalue weighted by atomic mass is 19.1. The number of hydrogen-bond donors (Lipinski definition) is 0. The number of benzene rings is 1. The van der Waals surface area contributed by atoms with Crippen LogP contribution >= 0.6 is 0 Å². The first kappa shape index (κ1) is 20.5. The number of carbonyl (C=O) groups is 1. The molecule has 0 spiro atoms. The van der Waals surface area contributed by atoms with Crippen LogP contribution in [0, 0.1) is 19.7 Å². The summed E-state index contributed by atoms with van der Waals surface area (Å²) in [6.07, 6.45) is 3.44. The minimum atomic E-state index is -0.299. The van der Waals surface area contributed by atoms with E-state index in [9.17, 15) is 9.18 Å². The lowest BCUT2D eigenvalue weighted by Crippen LogP contribution is -2.55. The smallest absolute Gasteiger partial charge is 0.248 e. The molecule has 30 heavy (non-hydrogen) atoms. The standard InChI is InChI=1S/C22H27FN4O3/c1-15-11-24-16(2)25-22(15)26-9-7-18(8-10-26)27-12-20(30-14-21(27)28)13-29-19-5-3-17(23)4-6-19/h3-6,11,18,20H,7-10,12-14H2,1-2H3. The summed E-state index contributed by atoms with van der Waals surface area (Å²) in [5, 5.41) is 0. The molecule has 1 aromatic heterocycles. The van der Waals surface area contributed by atoms with E-state index in [0.717, 1.165) is 43.1 Å². The highest BCUT2D eigenvalue weighted by molar-refractivity contribution is 5.78. The van der Waals surface area contributed by atoms with E-state index in [1.165, 1.54) is 12.1 Å². The molecule has 7 nitrogen and oxygen atoms in total. The fourth-order valence-corrected chi connectivity index (χ4v) is 4.05. The molecule has 4 rings (SSSR count). The second kappa shape index (κ2) is 8.95. The Morgan fingerprint density at radius 2 is 1.93 bits per heavy atom. The zero-order valence-corrected chi connectivity index (χ0v) is 17.4. The Bertz CT molecular complexity index is 884. The Morgan fingerprint density at radius 3 is 2.67 bits per heavy atom. The van der Waals surface area contributed by atoms with Gasteiger partial charge in [-0.3, -0.25) is 4.79 Å². The number of aryl methyl sites for hydroxylation is 2. The molecule has 2 saturated heterocycles. The second-order valence-electron chi connectivity index (χ2n) is 7.89. The van der Waals surface area contributed by atoms with Gasteiger partial charge in [-0.25, -0.2) is 14.4 Å². The molecule has 160 valence electrons. The van der Waals surface area contributed by atoms with Gasteiger partial charge in [-0.2, -0.15) is 0 Å². The van der Waals surface area contributed by atoms with Gasteiger partial charge in [-0.1, -0.05) is 0 Å². The van der Waals surface area contributed by atoms with Crippen molar-refractivity contribution in [3.05, 3.63) is 47.7 Å². The van der Waals surface area contributed by atoms with Crippen molar-refractivity contribution < 1.29 is 18.7 Å². The van der Waals surface area contributed by atoms with Gasteiger partial charge >= 0.3 is 0 Å². The van der Waals surface area contributed by atoms with E-state index in [1.54, 1.807) is 12.1 Å². The van der Waals surface area contributed by atoms with Crippen LogP contribution in [0.3, 0.4) is 0 Å². The summed E-state index contributed by atoms with van der Waals surface area (Å²) in [7, 11) is 0. The van der Waals surface area contributed by atoms with Gasteiger partial charge < -0.3 is 19.3 Å². The van der Waals surface area contributed by atoms with Crippen LogP contribution in [0.15, 0.2) is 30.5 Å². The number of aromatic nitrogens is 2. The van der Waals surface area contributed by atoms with Crippen LogP contribution in [-0.4, -0.2) is 65.8 Å². The van der Waals surface area contributed by atoms with E-state index in [2.05, 4.69) is 14.9 Å². The number of nitrogens with zero attached hydrogens (tertiary/aromatic N) is 4. The van der Waals surface area contributed by atoms with Crippen molar-refractivity contribution in [1.82, 2.24) is 14.9 Å². The topological polar surface area (TPSA) is 67.8 Å². The monoisotopic (exact) mass is 414 g/mol. The number of ether oxygens (including phenoxy) is 2. The lowest BCUT2D eigenvalue weighted by atomic mass is 10.0. The second-order valence-corrected chi connectivity index (χ2v) is 7.89. The van der Waals surface area contributed by atoms with Gasteiger partial charge in [0.15, 0.2) is 0 Å². The molecular formula is C22H27FN4O3. The molecule has 2 aliphatic heterocycles. The number of morpholine rings is 1. The quantitative estimate of drug-likeness (QED) is 0.749. The van der Waals surface area contributed by atoms with Crippen molar-refractivity contribution in [2.75, 3.05) is 37.7 Å². The average Bonchev–Trinajstić information content (AvgIpc) is 2.76. The predicted octanol–water partition coefficient (Wildman–Crippen LogP) is 2.51. The largest absolute Gasteiger partial charge is 0.491 e. The van der Waals surface area contributed by atoms with E-state index in [0.29, 0.717) is 18.9 Å². The third-order valence-corrected chi connectivity index (χ3v) is 5.68. The van der Waals surface area contributed by atoms with E-state index in [1.807, 2.05) is 24.9 Å². The first-order chi connectivity index (χ1) is 14.5. The van der Waals surface area contributed by atoms with Gasteiger partial charge in [-0.15, -0.1) is 0 Å². The Hall–Kier alpha value is -2.74. The SMILES string of the molecule is Cc1ncc(C)c(N2CCC(N3CC(COc4ccc(F)cc4)OCC3=O)CC2)n1. The van der Waals surface area contributed by atoms with E-state index >= 15 is 0 Å². The zero-order valence-electron chi connectivity index (χ0n) is 17.4. The number of rotatable bonds is 5. The summed E-state index contributed by atoms with van der Waals surface area (Å²) >= 11 is 0. The van der Waals surface area contributed by atoms with Crippen LogP contribution in [0.4, 0.5) is 10.2 Å². The molecule has 2 aromatic rings. The average molecular weight is 414 g/mol. The van der Waals surface area contributed by atoms with Crippen LogP contribution in [0.25, 0.3) is 0 Å². The third-order valence-electron chi connectivity index (χ3n) is 5.68. The van der Waals surface area contributed by atoms with Gasteiger partial charge in [-0.05, 0) is 51.0 Å². The zero-order chi connectivity index (χ0) is 21.1. The van der Waals surface area contributed by atoms with Gasteiger partial charge in [0.05, 0.1) is 6.54 Å². The number of piperidine rings is 1. The number of halogens is 1. The first-order valence-corrected chi connectivity index (χ1v) is 10.3. The first-order valence-electron chi connectivity index (χ1n) is 10.3. The lowest BCUT2D eigenvalue weighted by molar-refractivity contribution is -0.154. The highest BCUT2D eigenvalue weighted by Crippen LogP contribution is 2.25. The molecule has 2 fully saturated rings. The van der Waals surface area contributed by atoms with Crippen molar-refractivity contribution in [1.29, 1.82) is 0 Å². The summed E-state index contributed by atoms with van der Waals surface area (Å²) in [6.45, 7) is 6.53. The molecule has 0 radical (unpaired) electrons. The molecule has 8 heteroatoms. The number of hydrogen-bond acceptors (Lipinski definition) is 6. The lowest BCUT2D eigenvalue weighted by Gasteiger charge is -2.42. The fourth-order valence-electron chi connectivity index (χ4n) is 4.05. The Morgan fingerprint density at radius 1 is 1.20 bits per heavy atom. The predicted molar refractivity (Wildman–Crippen MR) is 110 cm³/mol. The van der Waals surface area contributed by atoms with Gasteiger partial charge in [0, 0.05) is 30.9 Å². The molecular weight excluding hydrogens is 387 g/mol. The van der Waals surface area contributed by atoms with Crippen LogP contribution < -0.4 is 9.64 Å². The molecule has 0 aliphatic carbocycles. The number of anilines is 1. The van der Waals surface area contributed by atoms with Crippen LogP contribution in [0.1, 0.15) is 24.2 Å². The summed E-state index contributed by atoms with van der Waals surface area (Å²) in [5.74, 6) is 2.07. The van der Waals surface area contributed by atoms with Crippen molar-refractivity contribution in [3.63, 3.8) is 0 Å². The minimum absolute atomic E-state index is 0.0283. The van der Waals surface area contributed by atoms with Gasteiger partial charge in [0.2, 0.25) is 5.91 Å². The van der Waals surface area contributed by atoms with Crippen LogP contribution in [0.5, 0.6) is 5.75 Å². The number of amides is 1. The molecule has 2 aliphatic rings. The third kappa shape index (κ3) is 4.70. The van der Waals surface area contributed by atoms with E-state index < -0.39 is 0 Å². The molecule has 1 unspecified atom stereocenters. The maximum atomic E-state index is 13.0. The Labute approximate surface area is 175 Å². The minimum Gasteiger partial charge on any atom is -0.491 e. The fraction of sp³-hybridized carbons (Fsp3) is 0.500. The van der Waals surface area contributed by atoms with Crippen LogP contribution in [-0.2, 0) is 9.53 Å². The molecule has 0 N–H and O–H groups in total. The van der Waals surface area contributed by atoms with Gasteiger partial charge in [0.1, 0.15) is 42.5 Å². The van der Waals surface area contributed by atoms with Crippen molar-refractivity contribution >= 4 is 11.7 Å². The van der Waals surface area contributed by atoms with E-state index in [-0.39, 0.29) is 30.5 Å². The maximum absolute atomic E-state index is 13.0. The normalized spacial score (nSPS) is 20.5. The Balaban J connectivity index is 1.32. The summed E-state index contributed by atoms with van der Waals surface area (Å²) in [6, 6.07) is 6.10. The maximum Gasteiger partial charge on any atom is 0.248 e.